The highest BCUT2D eigenvalue weighted by Gasteiger charge is 2.05. The summed E-state index contributed by atoms with van der Waals surface area (Å²) in [5, 5.41) is 0. The molecule has 0 aliphatic carbocycles. The van der Waals surface area contributed by atoms with Gasteiger partial charge in [0.1, 0.15) is 5.82 Å². The third-order valence-electron chi connectivity index (χ3n) is 3.13. The molecule has 17 heavy (non-hydrogen) atoms. The molecule has 92 valence electrons. The van der Waals surface area contributed by atoms with Crippen molar-refractivity contribution in [2.24, 2.45) is 10.9 Å². The molecule has 1 aromatic rings. The second-order valence-electron chi connectivity index (χ2n) is 4.47. The lowest BCUT2D eigenvalue weighted by Gasteiger charge is -2.09. The van der Waals surface area contributed by atoms with Crippen LogP contribution < -0.4 is 0 Å². The van der Waals surface area contributed by atoms with E-state index in [-0.39, 0.29) is 5.82 Å². The van der Waals surface area contributed by atoms with Crippen LogP contribution in [-0.4, -0.2) is 5.71 Å². The molecular weight excluding hydrogens is 213 g/mol. The molecule has 0 amide bonds. The summed E-state index contributed by atoms with van der Waals surface area (Å²) in [5.41, 5.74) is 3.27. The van der Waals surface area contributed by atoms with Crippen LogP contribution in [-0.2, 0) is 0 Å². The molecule has 0 saturated heterocycles. The first-order chi connectivity index (χ1) is 7.95. The maximum atomic E-state index is 13.1. The first-order valence-electron chi connectivity index (χ1n) is 5.96. The normalized spacial score (nSPS) is 13.6. The van der Waals surface area contributed by atoms with E-state index in [4.69, 9.17) is 0 Å². The standard InChI is InChI=1S/C15H20FN/c1-6-10(2)12(4)17-13(5)14-7-8-15(16)11(3)9-14/h7-10H,5-6H2,1-4H3. The molecule has 0 fully saturated rings. The van der Waals surface area contributed by atoms with Crippen LogP contribution in [0.4, 0.5) is 4.39 Å². The quantitative estimate of drug-likeness (QED) is 0.673. The monoisotopic (exact) mass is 233 g/mol. The van der Waals surface area contributed by atoms with Gasteiger partial charge in [-0.15, -0.1) is 0 Å². The van der Waals surface area contributed by atoms with Crippen molar-refractivity contribution in [3.8, 4) is 0 Å². The summed E-state index contributed by atoms with van der Waals surface area (Å²) in [6.45, 7) is 12.0. The minimum atomic E-state index is -0.191. The molecule has 0 radical (unpaired) electrons. The Morgan fingerprint density at radius 3 is 2.65 bits per heavy atom. The Kier molecular flexibility index (Phi) is 4.62. The maximum absolute atomic E-state index is 13.1. The van der Waals surface area contributed by atoms with Gasteiger partial charge in [-0.1, -0.05) is 20.4 Å². The van der Waals surface area contributed by atoms with Crippen molar-refractivity contribution in [1.29, 1.82) is 0 Å². The number of nitrogens with zero attached hydrogens (tertiary/aromatic N) is 1. The van der Waals surface area contributed by atoms with Gasteiger partial charge in [-0.05, 0) is 55.5 Å². The topological polar surface area (TPSA) is 12.4 Å². The lowest BCUT2D eigenvalue weighted by molar-refractivity contribution is 0.618. The third kappa shape index (κ3) is 3.52. The second kappa shape index (κ2) is 5.76. The molecule has 0 N–H and O–H groups in total. The van der Waals surface area contributed by atoms with Gasteiger partial charge in [0.2, 0.25) is 0 Å². The molecule has 1 unspecified atom stereocenters. The zero-order valence-corrected chi connectivity index (χ0v) is 11.0. The molecule has 1 aromatic carbocycles. The largest absolute Gasteiger partial charge is 0.258 e. The van der Waals surface area contributed by atoms with Gasteiger partial charge in [0.15, 0.2) is 0 Å². The summed E-state index contributed by atoms with van der Waals surface area (Å²) in [6, 6.07) is 4.97. The molecule has 0 saturated carbocycles. The lowest BCUT2D eigenvalue weighted by atomic mass is 10.0. The molecular formula is C15H20FN. The van der Waals surface area contributed by atoms with Gasteiger partial charge in [-0.2, -0.15) is 0 Å². The zero-order valence-electron chi connectivity index (χ0n) is 11.0. The molecule has 0 aliphatic rings. The first-order valence-corrected chi connectivity index (χ1v) is 5.96. The van der Waals surface area contributed by atoms with E-state index in [9.17, 15) is 4.39 Å². The van der Waals surface area contributed by atoms with Crippen molar-refractivity contribution < 1.29 is 4.39 Å². The molecule has 1 nitrogen and oxygen atoms in total. The van der Waals surface area contributed by atoms with Crippen LogP contribution in [0.3, 0.4) is 0 Å². The average Bonchev–Trinajstić information content (AvgIpc) is 2.31. The molecule has 0 aromatic heterocycles. The summed E-state index contributed by atoms with van der Waals surface area (Å²) in [6.07, 6.45) is 1.06. The van der Waals surface area contributed by atoms with Crippen molar-refractivity contribution in [1.82, 2.24) is 0 Å². The van der Waals surface area contributed by atoms with E-state index in [1.165, 1.54) is 6.07 Å². The number of benzene rings is 1. The predicted octanol–water partition coefficient (Wildman–Crippen LogP) is 4.61. The molecule has 1 atom stereocenters. The fourth-order valence-electron chi connectivity index (χ4n) is 1.51. The second-order valence-corrected chi connectivity index (χ2v) is 4.47. The van der Waals surface area contributed by atoms with Crippen molar-refractivity contribution in [2.75, 3.05) is 0 Å². The Hall–Kier alpha value is -1.44. The first kappa shape index (κ1) is 13.6. The Labute approximate surface area is 103 Å². The fraction of sp³-hybridized carbons (Fsp3) is 0.400. The smallest absolute Gasteiger partial charge is 0.126 e. The summed E-state index contributed by atoms with van der Waals surface area (Å²) < 4.78 is 13.1. The van der Waals surface area contributed by atoms with Crippen LogP contribution in [0.2, 0.25) is 0 Å². The Morgan fingerprint density at radius 2 is 2.12 bits per heavy atom. The van der Waals surface area contributed by atoms with Crippen LogP contribution in [0.25, 0.3) is 5.70 Å². The van der Waals surface area contributed by atoms with E-state index in [0.29, 0.717) is 17.2 Å². The van der Waals surface area contributed by atoms with Crippen molar-refractivity contribution in [3.63, 3.8) is 0 Å². The number of hydrogen-bond acceptors (Lipinski definition) is 1. The highest BCUT2D eigenvalue weighted by Crippen LogP contribution is 2.19. The molecule has 0 spiro atoms. The van der Waals surface area contributed by atoms with Crippen molar-refractivity contribution >= 4 is 11.4 Å². The molecule has 1 rings (SSSR count). The van der Waals surface area contributed by atoms with Gasteiger partial charge in [0, 0.05) is 5.71 Å². The van der Waals surface area contributed by atoms with Crippen molar-refractivity contribution in [2.45, 2.75) is 34.1 Å². The van der Waals surface area contributed by atoms with E-state index >= 15 is 0 Å². The number of hydrogen-bond donors (Lipinski definition) is 0. The highest BCUT2D eigenvalue weighted by atomic mass is 19.1. The molecule has 0 aliphatic heterocycles. The summed E-state index contributed by atoms with van der Waals surface area (Å²) >= 11 is 0. The van der Waals surface area contributed by atoms with E-state index in [1.54, 1.807) is 19.1 Å². The van der Waals surface area contributed by atoms with Gasteiger partial charge >= 0.3 is 0 Å². The maximum Gasteiger partial charge on any atom is 0.126 e. The van der Waals surface area contributed by atoms with Crippen molar-refractivity contribution in [3.05, 3.63) is 41.7 Å². The summed E-state index contributed by atoms with van der Waals surface area (Å²) in [4.78, 5) is 4.49. The average molecular weight is 233 g/mol. The van der Waals surface area contributed by atoms with Crippen LogP contribution in [0, 0.1) is 18.7 Å². The van der Waals surface area contributed by atoms with Gasteiger partial charge in [0.25, 0.3) is 0 Å². The number of rotatable bonds is 4. The van der Waals surface area contributed by atoms with Gasteiger partial charge in [0.05, 0.1) is 5.70 Å². The van der Waals surface area contributed by atoms with E-state index in [0.717, 1.165) is 17.7 Å². The van der Waals surface area contributed by atoms with Crippen LogP contribution in [0.5, 0.6) is 0 Å². The summed E-state index contributed by atoms with van der Waals surface area (Å²) in [5.74, 6) is 0.262. The lowest BCUT2D eigenvalue weighted by Crippen LogP contribution is -2.05. The van der Waals surface area contributed by atoms with Crippen LogP contribution in [0.15, 0.2) is 29.8 Å². The van der Waals surface area contributed by atoms with Gasteiger partial charge < -0.3 is 0 Å². The highest BCUT2D eigenvalue weighted by molar-refractivity contribution is 5.89. The van der Waals surface area contributed by atoms with E-state index < -0.39 is 0 Å². The third-order valence-corrected chi connectivity index (χ3v) is 3.13. The molecule has 0 heterocycles. The fourth-order valence-corrected chi connectivity index (χ4v) is 1.51. The van der Waals surface area contributed by atoms with E-state index in [1.807, 2.05) is 6.92 Å². The van der Waals surface area contributed by atoms with Crippen LogP contribution in [0.1, 0.15) is 38.3 Å². The number of halogens is 1. The van der Waals surface area contributed by atoms with E-state index in [2.05, 4.69) is 25.4 Å². The number of aliphatic imine (C=N–C) groups is 1. The minimum absolute atomic E-state index is 0.191. The SMILES string of the molecule is C=C(N=C(C)C(C)CC)c1ccc(F)c(C)c1. The Bertz CT molecular complexity index is 446. The van der Waals surface area contributed by atoms with Crippen LogP contribution >= 0.6 is 0 Å². The zero-order chi connectivity index (χ0) is 13.0. The van der Waals surface area contributed by atoms with Gasteiger partial charge in [-0.25, -0.2) is 4.39 Å². The Morgan fingerprint density at radius 1 is 1.47 bits per heavy atom. The predicted molar refractivity (Wildman–Crippen MR) is 72.7 cm³/mol. The molecule has 2 heteroatoms. The minimum Gasteiger partial charge on any atom is -0.258 e. The Balaban J connectivity index is 2.94. The summed E-state index contributed by atoms with van der Waals surface area (Å²) in [7, 11) is 0. The number of aryl methyl sites for hydroxylation is 1. The molecule has 0 bridgehead atoms. The van der Waals surface area contributed by atoms with Gasteiger partial charge in [-0.3, -0.25) is 4.99 Å².